The third-order valence-corrected chi connectivity index (χ3v) is 4.87. The van der Waals surface area contributed by atoms with Gasteiger partial charge in [0.2, 0.25) is 0 Å². The van der Waals surface area contributed by atoms with Gasteiger partial charge < -0.3 is 15.4 Å². The van der Waals surface area contributed by atoms with Crippen molar-refractivity contribution in [1.82, 2.24) is 4.90 Å². The van der Waals surface area contributed by atoms with Crippen molar-refractivity contribution in [2.45, 2.75) is 51.6 Å². The lowest BCUT2D eigenvalue weighted by molar-refractivity contribution is 0.117. The monoisotopic (exact) mass is 290 g/mol. The molecule has 1 aliphatic heterocycles. The van der Waals surface area contributed by atoms with Crippen molar-refractivity contribution < 1.29 is 4.74 Å². The van der Waals surface area contributed by atoms with E-state index >= 15 is 0 Å². The third kappa shape index (κ3) is 4.72. The molecule has 2 N–H and O–H groups in total. The van der Waals surface area contributed by atoms with Crippen LogP contribution in [0.2, 0.25) is 0 Å². The first-order valence-electron chi connectivity index (χ1n) is 8.22. The molecule has 1 aromatic carbocycles. The van der Waals surface area contributed by atoms with Crippen molar-refractivity contribution in [2.75, 3.05) is 20.2 Å². The summed E-state index contributed by atoms with van der Waals surface area (Å²) >= 11 is 0. The molecule has 3 nitrogen and oxygen atoms in total. The molecule has 3 heteroatoms. The summed E-state index contributed by atoms with van der Waals surface area (Å²) in [7, 11) is 1.71. The van der Waals surface area contributed by atoms with E-state index in [1.54, 1.807) is 7.11 Å². The zero-order valence-electron chi connectivity index (χ0n) is 13.7. The Kier molecular flexibility index (Phi) is 6.07. The zero-order valence-corrected chi connectivity index (χ0v) is 13.7. The lowest BCUT2D eigenvalue weighted by Crippen LogP contribution is -2.46. The number of aryl methyl sites for hydroxylation is 1. The summed E-state index contributed by atoms with van der Waals surface area (Å²) in [5, 5.41) is 0. The van der Waals surface area contributed by atoms with Gasteiger partial charge in [-0.15, -0.1) is 0 Å². The van der Waals surface area contributed by atoms with Crippen LogP contribution in [0.1, 0.15) is 38.7 Å². The van der Waals surface area contributed by atoms with Crippen molar-refractivity contribution in [3.63, 3.8) is 0 Å². The van der Waals surface area contributed by atoms with Gasteiger partial charge in [0.25, 0.3) is 0 Å². The maximum absolute atomic E-state index is 6.08. The Morgan fingerprint density at radius 1 is 1.29 bits per heavy atom. The van der Waals surface area contributed by atoms with Gasteiger partial charge in [-0.3, -0.25) is 0 Å². The first-order chi connectivity index (χ1) is 10.1. The molecule has 0 saturated carbocycles. The minimum absolute atomic E-state index is 0.321. The van der Waals surface area contributed by atoms with Gasteiger partial charge >= 0.3 is 0 Å². The number of nitrogens with two attached hydrogens (primary N) is 1. The molecular weight excluding hydrogens is 260 g/mol. The molecule has 1 saturated heterocycles. The maximum atomic E-state index is 6.08. The molecule has 3 unspecified atom stereocenters. The Bertz CT molecular complexity index is 416. The average molecular weight is 290 g/mol. The number of hydrogen-bond donors (Lipinski definition) is 1. The van der Waals surface area contributed by atoms with Crippen molar-refractivity contribution in [3.05, 3.63) is 29.8 Å². The summed E-state index contributed by atoms with van der Waals surface area (Å²) in [5.41, 5.74) is 7.48. The highest BCUT2D eigenvalue weighted by atomic mass is 16.5. The molecule has 1 aliphatic rings. The molecule has 0 spiro atoms. The molecule has 21 heavy (non-hydrogen) atoms. The van der Waals surface area contributed by atoms with Crippen molar-refractivity contribution >= 4 is 0 Å². The molecular formula is C18H30N2O. The first kappa shape index (κ1) is 16.3. The summed E-state index contributed by atoms with van der Waals surface area (Å²) in [5.74, 6) is 1.60. The molecule has 0 amide bonds. The number of likely N-dealkylation sites (tertiary alicyclic amines) is 1. The van der Waals surface area contributed by atoms with Crippen molar-refractivity contribution in [3.8, 4) is 5.75 Å². The van der Waals surface area contributed by atoms with Crippen molar-refractivity contribution in [1.29, 1.82) is 0 Å². The molecule has 0 aromatic heterocycles. The predicted molar refractivity (Wildman–Crippen MR) is 88.7 cm³/mol. The highest BCUT2D eigenvalue weighted by molar-refractivity contribution is 5.27. The fourth-order valence-corrected chi connectivity index (χ4v) is 3.22. The first-order valence-corrected chi connectivity index (χ1v) is 8.22. The molecule has 1 fully saturated rings. The summed E-state index contributed by atoms with van der Waals surface area (Å²) < 4.78 is 5.20. The second-order valence-corrected chi connectivity index (χ2v) is 6.49. The topological polar surface area (TPSA) is 38.5 Å². The van der Waals surface area contributed by atoms with Gasteiger partial charge in [0, 0.05) is 18.6 Å². The van der Waals surface area contributed by atoms with Gasteiger partial charge in [0.15, 0.2) is 0 Å². The van der Waals surface area contributed by atoms with Gasteiger partial charge in [-0.25, -0.2) is 0 Å². The Morgan fingerprint density at radius 2 is 2.00 bits per heavy atom. The van der Waals surface area contributed by atoms with E-state index in [1.807, 2.05) is 12.1 Å². The van der Waals surface area contributed by atoms with Crippen LogP contribution in [-0.4, -0.2) is 37.2 Å². The Labute approximate surface area is 129 Å². The molecule has 3 atom stereocenters. The van der Waals surface area contributed by atoms with Crippen LogP contribution in [0.5, 0.6) is 5.75 Å². The third-order valence-electron chi connectivity index (χ3n) is 4.87. The Hall–Kier alpha value is -1.06. The number of rotatable bonds is 6. The number of piperidine rings is 1. The second kappa shape index (κ2) is 7.81. The van der Waals surface area contributed by atoms with Crippen LogP contribution in [0.3, 0.4) is 0 Å². The van der Waals surface area contributed by atoms with Gasteiger partial charge in [-0.05, 0) is 69.7 Å². The van der Waals surface area contributed by atoms with E-state index in [-0.39, 0.29) is 0 Å². The molecule has 0 bridgehead atoms. The quantitative estimate of drug-likeness (QED) is 0.875. The fourth-order valence-electron chi connectivity index (χ4n) is 3.22. The van der Waals surface area contributed by atoms with Gasteiger partial charge in [0.05, 0.1) is 7.11 Å². The normalized spacial score (nSPS) is 22.8. The van der Waals surface area contributed by atoms with Crippen LogP contribution in [-0.2, 0) is 6.42 Å². The van der Waals surface area contributed by atoms with Gasteiger partial charge in [0.1, 0.15) is 5.75 Å². The molecule has 118 valence electrons. The van der Waals surface area contributed by atoms with Crippen LogP contribution in [0.15, 0.2) is 24.3 Å². The SMILES string of the molecule is COc1ccc(CCC(C)N2CCCC(C(C)N)C2)cc1. The van der Waals surface area contributed by atoms with E-state index in [4.69, 9.17) is 10.5 Å². The highest BCUT2D eigenvalue weighted by Crippen LogP contribution is 2.22. The van der Waals surface area contributed by atoms with Gasteiger partial charge in [-0.1, -0.05) is 12.1 Å². The van der Waals surface area contributed by atoms with Crippen LogP contribution < -0.4 is 10.5 Å². The van der Waals surface area contributed by atoms with Crippen LogP contribution in [0.4, 0.5) is 0 Å². The Balaban J connectivity index is 1.81. The van der Waals surface area contributed by atoms with E-state index in [1.165, 1.54) is 37.9 Å². The van der Waals surface area contributed by atoms with E-state index < -0.39 is 0 Å². The lowest BCUT2D eigenvalue weighted by atomic mass is 9.91. The van der Waals surface area contributed by atoms with Gasteiger partial charge in [-0.2, -0.15) is 0 Å². The van der Waals surface area contributed by atoms with Crippen LogP contribution in [0, 0.1) is 5.92 Å². The zero-order chi connectivity index (χ0) is 15.2. The lowest BCUT2D eigenvalue weighted by Gasteiger charge is -2.38. The second-order valence-electron chi connectivity index (χ2n) is 6.49. The summed E-state index contributed by atoms with van der Waals surface area (Å²) in [6, 6.07) is 9.40. The summed E-state index contributed by atoms with van der Waals surface area (Å²) in [4.78, 5) is 2.63. The highest BCUT2D eigenvalue weighted by Gasteiger charge is 2.25. The number of ether oxygens (including phenoxy) is 1. The summed E-state index contributed by atoms with van der Waals surface area (Å²) in [6.07, 6.45) is 4.92. The minimum Gasteiger partial charge on any atom is -0.497 e. The number of benzene rings is 1. The average Bonchev–Trinajstić information content (AvgIpc) is 2.53. The maximum Gasteiger partial charge on any atom is 0.118 e. The molecule has 1 aromatic rings. The molecule has 2 rings (SSSR count). The number of nitrogens with zero attached hydrogens (tertiary/aromatic N) is 1. The largest absolute Gasteiger partial charge is 0.497 e. The molecule has 0 radical (unpaired) electrons. The molecule has 0 aliphatic carbocycles. The predicted octanol–water partition coefficient (Wildman–Crippen LogP) is 3.08. The summed E-state index contributed by atoms with van der Waals surface area (Å²) in [6.45, 7) is 6.90. The van der Waals surface area contributed by atoms with Crippen LogP contribution in [0.25, 0.3) is 0 Å². The van der Waals surface area contributed by atoms with E-state index in [0.29, 0.717) is 18.0 Å². The molecule has 1 heterocycles. The van der Waals surface area contributed by atoms with Crippen LogP contribution >= 0.6 is 0 Å². The Morgan fingerprint density at radius 3 is 2.62 bits per heavy atom. The standard InChI is InChI=1S/C18H30N2O/c1-14(20-12-4-5-17(13-20)15(2)19)6-7-16-8-10-18(21-3)11-9-16/h8-11,14-15,17H,4-7,12-13,19H2,1-3H3. The number of hydrogen-bond acceptors (Lipinski definition) is 3. The van der Waals surface area contributed by atoms with E-state index in [0.717, 1.165) is 12.2 Å². The van der Waals surface area contributed by atoms with E-state index in [9.17, 15) is 0 Å². The van der Waals surface area contributed by atoms with E-state index in [2.05, 4.69) is 30.9 Å². The smallest absolute Gasteiger partial charge is 0.118 e. The number of methoxy groups -OCH3 is 1. The fraction of sp³-hybridized carbons (Fsp3) is 0.667. The minimum atomic E-state index is 0.321. The van der Waals surface area contributed by atoms with Crippen molar-refractivity contribution in [2.24, 2.45) is 11.7 Å².